The quantitative estimate of drug-likeness (QED) is 0.147. The number of piperidine rings is 1. The monoisotopic (exact) mass is 723 g/mol. The molecule has 4 aromatic rings. The summed E-state index contributed by atoms with van der Waals surface area (Å²) in [5.41, 5.74) is -0.392. The standard InChI is InChI=1S/C36H39F2N5O7S/c1-48-32-20-27-29(21-33(32)49-22-23-9-15-43(16-10-23)17-14-40-51(2,46)47)39-13-8-30(27)50-31-7-6-26(19-28(31)38)42-35(45)36(11-12-36)34(44)41-25-5-3-4-24(37)18-25/h3-8,13,18-21,23,40H,9-12,14-17,22H2,1-2H3,(H,41,44)(H,42,45). The normalized spacial score (nSPS) is 16.0. The first kappa shape index (κ1) is 35.9. The minimum Gasteiger partial charge on any atom is -0.493 e. The molecule has 270 valence electrons. The lowest BCUT2D eigenvalue weighted by molar-refractivity contribution is -0.131. The maximum Gasteiger partial charge on any atom is 0.240 e. The van der Waals surface area contributed by atoms with E-state index >= 15 is 4.39 Å². The highest BCUT2D eigenvalue weighted by atomic mass is 32.2. The second-order valence-electron chi connectivity index (χ2n) is 12.8. The van der Waals surface area contributed by atoms with Crippen molar-refractivity contribution in [2.45, 2.75) is 25.7 Å². The van der Waals surface area contributed by atoms with E-state index in [0.717, 1.165) is 44.3 Å². The molecular formula is C36H39F2N5O7S. The molecule has 3 aromatic carbocycles. The molecule has 0 spiro atoms. The van der Waals surface area contributed by atoms with Gasteiger partial charge in [0.05, 0.1) is 25.5 Å². The van der Waals surface area contributed by atoms with E-state index in [-0.39, 0.29) is 17.1 Å². The number of nitrogens with zero attached hydrogens (tertiary/aromatic N) is 2. The van der Waals surface area contributed by atoms with Crippen molar-refractivity contribution in [2.24, 2.45) is 11.3 Å². The lowest BCUT2D eigenvalue weighted by Crippen LogP contribution is -2.40. The summed E-state index contributed by atoms with van der Waals surface area (Å²) in [5.74, 6) is -0.882. The number of amides is 2. The second-order valence-corrected chi connectivity index (χ2v) is 14.7. The summed E-state index contributed by atoms with van der Waals surface area (Å²) in [5, 5.41) is 5.77. The fourth-order valence-electron chi connectivity index (χ4n) is 5.99. The van der Waals surface area contributed by atoms with Gasteiger partial charge in [0, 0.05) is 48.2 Å². The highest BCUT2D eigenvalue weighted by Crippen LogP contribution is 2.48. The van der Waals surface area contributed by atoms with E-state index in [1.165, 1.54) is 37.4 Å². The molecule has 1 aliphatic heterocycles. The summed E-state index contributed by atoms with van der Waals surface area (Å²) in [6.45, 7) is 3.20. The number of aromatic nitrogens is 1. The zero-order valence-electron chi connectivity index (χ0n) is 28.2. The van der Waals surface area contributed by atoms with Crippen LogP contribution in [-0.4, -0.2) is 76.3 Å². The van der Waals surface area contributed by atoms with Crippen LogP contribution in [0, 0.1) is 23.0 Å². The van der Waals surface area contributed by atoms with E-state index in [1.807, 2.05) is 0 Å². The molecule has 12 nitrogen and oxygen atoms in total. The maximum atomic E-state index is 15.3. The van der Waals surface area contributed by atoms with Gasteiger partial charge >= 0.3 is 0 Å². The average molecular weight is 724 g/mol. The van der Waals surface area contributed by atoms with Crippen molar-refractivity contribution in [3.05, 3.63) is 78.5 Å². The summed E-state index contributed by atoms with van der Waals surface area (Å²) < 4.78 is 71.8. The third-order valence-electron chi connectivity index (χ3n) is 9.07. The number of carbonyl (C=O) groups excluding carboxylic acids is 2. The Morgan fingerprint density at radius 2 is 1.65 bits per heavy atom. The first-order valence-corrected chi connectivity index (χ1v) is 18.4. The van der Waals surface area contributed by atoms with Gasteiger partial charge in [0.15, 0.2) is 23.1 Å². The van der Waals surface area contributed by atoms with Crippen molar-refractivity contribution in [3.63, 3.8) is 0 Å². The van der Waals surface area contributed by atoms with Crippen molar-refractivity contribution in [2.75, 3.05) is 56.8 Å². The zero-order chi connectivity index (χ0) is 36.2. The number of hydrogen-bond acceptors (Lipinski definition) is 9. The van der Waals surface area contributed by atoms with Crippen LogP contribution < -0.4 is 29.6 Å². The molecule has 3 N–H and O–H groups in total. The van der Waals surface area contributed by atoms with Crippen LogP contribution >= 0.6 is 0 Å². The SMILES string of the molecule is COc1cc2c(Oc3ccc(NC(=O)C4(C(=O)Nc5cccc(F)c5)CC4)cc3F)ccnc2cc1OCC1CCN(CCNS(C)(=O)=O)CC1. The number of anilines is 2. The molecule has 2 amide bonds. The highest BCUT2D eigenvalue weighted by molar-refractivity contribution is 7.88. The molecule has 1 saturated carbocycles. The molecule has 1 aliphatic carbocycles. The molecule has 1 aromatic heterocycles. The number of carbonyl (C=O) groups is 2. The van der Waals surface area contributed by atoms with Crippen LogP contribution in [0.5, 0.6) is 23.0 Å². The predicted molar refractivity (Wildman–Crippen MR) is 188 cm³/mol. The van der Waals surface area contributed by atoms with Gasteiger partial charge < -0.3 is 29.7 Å². The Balaban J connectivity index is 1.07. The molecule has 2 heterocycles. The van der Waals surface area contributed by atoms with Crippen LogP contribution in [-0.2, 0) is 19.6 Å². The molecular weight excluding hydrogens is 684 g/mol. The molecule has 1 saturated heterocycles. The van der Waals surface area contributed by atoms with Gasteiger partial charge in [-0.25, -0.2) is 21.9 Å². The Hall–Kier alpha value is -4.86. The number of methoxy groups -OCH3 is 1. The average Bonchev–Trinajstić information content (AvgIpc) is 3.91. The number of nitrogens with one attached hydrogen (secondary N) is 3. The van der Waals surface area contributed by atoms with Gasteiger partial charge in [-0.1, -0.05) is 6.07 Å². The lowest BCUT2D eigenvalue weighted by atomic mass is 9.98. The predicted octanol–water partition coefficient (Wildman–Crippen LogP) is 5.31. The molecule has 0 unspecified atom stereocenters. The zero-order valence-corrected chi connectivity index (χ0v) is 29.0. The van der Waals surface area contributed by atoms with Crippen molar-refractivity contribution in [3.8, 4) is 23.0 Å². The molecule has 2 aliphatic rings. The Morgan fingerprint density at radius 3 is 2.29 bits per heavy atom. The number of rotatable bonds is 14. The Labute approximate surface area is 294 Å². The van der Waals surface area contributed by atoms with Gasteiger partial charge in [-0.05, 0) is 87.2 Å². The number of likely N-dealkylation sites (tertiary alicyclic amines) is 1. The van der Waals surface area contributed by atoms with E-state index < -0.39 is 38.9 Å². The van der Waals surface area contributed by atoms with E-state index in [0.29, 0.717) is 66.6 Å². The fourth-order valence-corrected chi connectivity index (χ4v) is 6.46. The first-order chi connectivity index (χ1) is 24.4. The number of halogens is 2. The van der Waals surface area contributed by atoms with Crippen molar-refractivity contribution in [1.82, 2.24) is 14.6 Å². The summed E-state index contributed by atoms with van der Waals surface area (Å²) in [4.78, 5) is 32.6. The summed E-state index contributed by atoms with van der Waals surface area (Å²) in [6, 6.07) is 14.4. The van der Waals surface area contributed by atoms with Crippen LogP contribution in [0.15, 0.2) is 66.9 Å². The van der Waals surface area contributed by atoms with Crippen molar-refractivity contribution < 1.29 is 41.0 Å². The molecule has 51 heavy (non-hydrogen) atoms. The molecule has 6 rings (SSSR count). The molecule has 0 bridgehead atoms. The van der Waals surface area contributed by atoms with E-state index in [1.54, 1.807) is 24.4 Å². The van der Waals surface area contributed by atoms with Gasteiger partial charge in [0.1, 0.15) is 17.0 Å². The van der Waals surface area contributed by atoms with Crippen LogP contribution in [0.25, 0.3) is 10.9 Å². The van der Waals surface area contributed by atoms with Crippen LogP contribution in [0.1, 0.15) is 25.7 Å². The topological polar surface area (TPSA) is 148 Å². The summed E-state index contributed by atoms with van der Waals surface area (Å²) >= 11 is 0. The van der Waals surface area contributed by atoms with E-state index in [2.05, 4.69) is 25.2 Å². The number of benzene rings is 3. The second kappa shape index (κ2) is 15.2. The van der Waals surface area contributed by atoms with Gasteiger partial charge in [-0.2, -0.15) is 0 Å². The smallest absolute Gasteiger partial charge is 0.240 e. The first-order valence-electron chi connectivity index (χ1n) is 16.5. The maximum absolute atomic E-state index is 15.3. The summed E-state index contributed by atoms with van der Waals surface area (Å²) in [7, 11) is -1.68. The number of pyridine rings is 1. The molecule has 15 heteroatoms. The van der Waals surface area contributed by atoms with Gasteiger partial charge in [0.25, 0.3) is 0 Å². The van der Waals surface area contributed by atoms with E-state index in [9.17, 15) is 22.4 Å². The molecule has 2 fully saturated rings. The Bertz CT molecular complexity index is 2040. The number of ether oxygens (including phenoxy) is 3. The van der Waals surface area contributed by atoms with Crippen LogP contribution in [0.3, 0.4) is 0 Å². The highest BCUT2D eigenvalue weighted by Gasteiger charge is 2.56. The van der Waals surface area contributed by atoms with Crippen molar-refractivity contribution in [1.29, 1.82) is 0 Å². The van der Waals surface area contributed by atoms with Gasteiger partial charge in [-0.15, -0.1) is 0 Å². The van der Waals surface area contributed by atoms with Gasteiger partial charge in [0.2, 0.25) is 21.8 Å². The van der Waals surface area contributed by atoms with Crippen molar-refractivity contribution >= 4 is 44.1 Å². The largest absolute Gasteiger partial charge is 0.493 e. The lowest BCUT2D eigenvalue weighted by Gasteiger charge is -2.31. The minimum atomic E-state index is -3.20. The summed E-state index contributed by atoms with van der Waals surface area (Å²) in [6.07, 6.45) is 5.13. The van der Waals surface area contributed by atoms with Gasteiger partial charge in [-0.3, -0.25) is 14.6 Å². The van der Waals surface area contributed by atoms with Crippen LogP contribution in [0.2, 0.25) is 0 Å². The van der Waals surface area contributed by atoms with Crippen LogP contribution in [0.4, 0.5) is 20.2 Å². The Kier molecular flexibility index (Phi) is 10.7. The third kappa shape index (κ3) is 8.90. The Morgan fingerprint density at radius 1 is 0.922 bits per heavy atom. The minimum absolute atomic E-state index is 0.0942. The number of hydrogen-bond donors (Lipinski definition) is 3. The molecule has 0 radical (unpaired) electrons. The fraction of sp³-hybridized carbons (Fsp3) is 0.361. The number of sulfonamides is 1. The third-order valence-corrected chi connectivity index (χ3v) is 9.80. The molecule has 0 atom stereocenters. The number of fused-ring (bicyclic) bond motifs is 1. The van der Waals surface area contributed by atoms with E-state index in [4.69, 9.17) is 14.2 Å².